The van der Waals surface area contributed by atoms with Gasteiger partial charge in [0.15, 0.2) is 0 Å². The lowest BCUT2D eigenvalue weighted by molar-refractivity contribution is -0.131. The zero-order valence-electron chi connectivity index (χ0n) is 11.7. The van der Waals surface area contributed by atoms with Crippen LogP contribution in [0.1, 0.15) is 20.3 Å². The first-order valence-electron chi connectivity index (χ1n) is 6.89. The van der Waals surface area contributed by atoms with Gasteiger partial charge in [0.25, 0.3) is 0 Å². The quantitative estimate of drug-likeness (QED) is 0.820. The van der Waals surface area contributed by atoms with Crippen LogP contribution in [0.15, 0.2) is 30.3 Å². The summed E-state index contributed by atoms with van der Waals surface area (Å²) < 4.78 is 11.6. The molecule has 4 unspecified atom stereocenters. The van der Waals surface area contributed by atoms with Gasteiger partial charge in [-0.05, 0) is 26.0 Å². The summed E-state index contributed by atoms with van der Waals surface area (Å²) in [6.07, 6.45) is 0.591. The summed E-state index contributed by atoms with van der Waals surface area (Å²) in [5.74, 6) is 0.605. The van der Waals surface area contributed by atoms with Crippen molar-refractivity contribution in [2.24, 2.45) is 0 Å². The number of hydrogen-bond acceptors (Lipinski definition) is 3. The first-order valence-corrected chi connectivity index (χ1v) is 7.33. The highest BCUT2D eigenvalue weighted by molar-refractivity contribution is 6.30. The standard InChI is InChI=1S/C15H20ClNO3/c1-3-19-13-9-12(17-15(18)10(2)16)14(13)20-11-7-5-4-6-8-11/h4-8,10,12-14H,3,9H2,1-2H3,(H,17,18). The summed E-state index contributed by atoms with van der Waals surface area (Å²) in [6, 6.07) is 9.49. The topological polar surface area (TPSA) is 47.6 Å². The third kappa shape index (κ3) is 3.64. The summed E-state index contributed by atoms with van der Waals surface area (Å²) in [6.45, 7) is 4.24. The fourth-order valence-corrected chi connectivity index (χ4v) is 2.27. The van der Waals surface area contributed by atoms with Crippen molar-refractivity contribution in [2.45, 2.75) is 43.9 Å². The molecule has 0 radical (unpaired) electrons. The smallest absolute Gasteiger partial charge is 0.238 e. The fourth-order valence-electron chi connectivity index (χ4n) is 2.21. The SMILES string of the molecule is CCOC1CC(NC(=O)C(C)Cl)C1Oc1ccccc1. The van der Waals surface area contributed by atoms with E-state index in [1.165, 1.54) is 0 Å². The molecule has 4 nitrogen and oxygen atoms in total. The molecule has 110 valence electrons. The molecule has 1 aromatic rings. The maximum absolute atomic E-state index is 11.7. The monoisotopic (exact) mass is 297 g/mol. The number of alkyl halides is 1. The van der Waals surface area contributed by atoms with Crippen LogP contribution in [0.5, 0.6) is 5.75 Å². The number of amides is 1. The van der Waals surface area contributed by atoms with Crippen molar-refractivity contribution in [3.63, 3.8) is 0 Å². The number of para-hydroxylation sites is 1. The summed E-state index contributed by atoms with van der Waals surface area (Å²) >= 11 is 5.77. The molecule has 20 heavy (non-hydrogen) atoms. The zero-order chi connectivity index (χ0) is 14.5. The number of ether oxygens (including phenoxy) is 2. The molecule has 1 N–H and O–H groups in total. The highest BCUT2D eigenvalue weighted by atomic mass is 35.5. The van der Waals surface area contributed by atoms with Crippen LogP contribution in [0, 0.1) is 0 Å². The summed E-state index contributed by atoms with van der Waals surface area (Å²) in [5.41, 5.74) is 0. The molecule has 0 spiro atoms. The van der Waals surface area contributed by atoms with Crippen molar-refractivity contribution in [3.05, 3.63) is 30.3 Å². The predicted octanol–water partition coefficient (Wildman–Crippen LogP) is 2.35. The van der Waals surface area contributed by atoms with Gasteiger partial charge in [0.2, 0.25) is 5.91 Å². The Labute approximate surface area is 124 Å². The number of rotatable bonds is 6. The van der Waals surface area contributed by atoms with Gasteiger partial charge in [-0.3, -0.25) is 4.79 Å². The second-order valence-corrected chi connectivity index (χ2v) is 5.51. The number of nitrogens with one attached hydrogen (secondary N) is 1. The summed E-state index contributed by atoms with van der Waals surface area (Å²) in [4.78, 5) is 11.7. The normalized spacial score (nSPS) is 26.4. The van der Waals surface area contributed by atoms with Crippen molar-refractivity contribution in [2.75, 3.05) is 6.61 Å². The van der Waals surface area contributed by atoms with Crippen molar-refractivity contribution in [3.8, 4) is 5.75 Å². The Morgan fingerprint density at radius 2 is 2.15 bits per heavy atom. The number of carbonyl (C=O) groups is 1. The molecule has 1 saturated carbocycles. The Morgan fingerprint density at radius 3 is 2.75 bits per heavy atom. The van der Waals surface area contributed by atoms with E-state index in [1.807, 2.05) is 37.3 Å². The largest absolute Gasteiger partial charge is 0.486 e. The molecule has 1 aromatic carbocycles. The predicted molar refractivity (Wildman–Crippen MR) is 78.1 cm³/mol. The molecule has 2 rings (SSSR count). The van der Waals surface area contributed by atoms with E-state index in [2.05, 4.69) is 5.32 Å². The molecule has 1 aliphatic carbocycles. The molecule has 0 aliphatic heterocycles. The fraction of sp³-hybridized carbons (Fsp3) is 0.533. The van der Waals surface area contributed by atoms with Crippen molar-refractivity contribution >= 4 is 17.5 Å². The van der Waals surface area contributed by atoms with Crippen molar-refractivity contribution in [1.29, 1.82) is 0 Å². The van der Waals surface area contributed by atoms with Gasteiger partial charge in [0.05, 0.1) is 12.1 Å². The maximum atomic E-state index is 11.7. The van der Waals surface area contributed by atoms with Crippen LogP contribution in [-0.2, 0) is 9.53 Å². The number of hydrogen-bond donors (Lipinski definition) is 1. The van der Waals surface area contributed by atoms with Crippen LogP contribution >= 0.6 is 11.6 Å². The van der Waals surface area contributed by atoms with Gasteiger partial charge in [-0.2, -0.15) is 0 Å². The van der Waals surface area contributed by atoms with E-state index >= 15 is 0 Å². The lowest BCUT2D eigenvalue weighted by Gasteiger charge is -2.44. The van der Waals surface area contributed by atoms with Gasteiger partial charge in [-0.1, -0.05) is 18.2 Å². The number of halogens is 1. The van der Waals surface area contributed by atoms with Crippen molar-refractivity contribution in [1.82, 2.24) is 5.32 Å². The van der Waals surface area contributed by atoms with E-state index in [0.29, 0.717) is 6.61 Å². The van der Waals surface area contributed by atoms with Crippen LogP contribution in [0.4, 0.5) is 0 Å². The lowest BCUT2D eigenvalue weighted by Crippen LogP contribution is -2.63. The van der Waals surface area contributed by atoms with E-state index in [-0.39, 0.29) is 24.2 Å². The maximum Gasteiger partial charge on any atom is 0.238 e. The average molecular weight is 298 g/mol. The summed E-state index contributed by atoms with van der Waals surface area (Å²) in [5, 5.41) is 2.36. The molecule has 1 fully saturated rings. The Kier molecular flexibility index (Phi) is 5.26. The highest BCUT2D eigenvalue weighted by Crippen LogP contribution is 2.29. The lowest BCUT2D eigenvalue weighted by atomic mass is 9.85. The molecule has 4 atom stereocenters. The zero-order valence-corrected chi connectivity index (χ0v) is 12.5. The molecule has 1 aliphatic rings. The van der Waals surface area contributed by atoms with E-state index in [1.54, 1.807) is 6.92 Å². The Balaban J connectivity index is 1.97. The Hall–Kier alpha value is -1.26. The highest BCUT2D eigenvalue weighted by Gasteiger charge is 2.45. The summed E-state index contributed by atoms with van der Waals surface area (Å²) in [7, 11) is 0. The van der Waals surface area contributed by atoms with E-state index in [0.717, 1.165) is 12.2 Å². The van der Waals surface area contributed by atoms with Gasteiger partial charge >= 0.3 is 0 Å². The minimum absolute atomic E-state index is 0.0103. The molecule has 0 saturated heterocycles. The second-order valence-electron chi connectivity index (χ2n) is 4.86. The molecular weight excluding hydrogens is 278 g/mol. The Bertz CT molecular complexity index is 438. The average Bonchev–Trinajstić information content (AvgIpc) is 2.44. The molecule has 0 heterocycles. The first-order chi connectivity index (χ1) is 9.61. The van der Waals surface area contributed by atoms with Crippen LogP contribution in [-0.4, -0.2) is 36.1 Å². The van der Waals surface area contributed by atoms with Crippen LogP contribution in [0.3, 0.4) is 0 Å². The molecule has 5 heteroatoms. The third-order valence-electron chi connectivity index (χ3n) is 3.33. The van der Waals surface area contributed by atoms with Gasteiger partial charge in [-0.15, -0.1) is 11.6 Å². The van der Waals surface area contributed by atoms with E-state index in [4.69, 9.17) is 21.1 Å². The van der Waals surface area contributed by atoms with E-state index < -0.39 is 5.38 Å². The minimum Gasteiger partial charge on any atom is -0.486 e. The van der Waals surface area contributed by atoms with Gasteiger partial charge < -0.3 is 14.8 Å². The number of benzene rings is 1. The minimum atomic E-state index is -0.543. The molecule has 0 aromatic heterocycles. The van der Waals surface area contributed by atoms with Gasteiger partial charge in [0.1, 0.15) is 17.2 Å². The van der Waals surface area contributed by atoms with Crippen LogP contribution in [0.2, 0.25) is 0 Å². The second kappa shape index (κ2) is 6.95. The van der Waals surface area contributed by atoms with Crippen LogP contribution < -0.4 is 10.1 Å². The molecular formula is C15H20ClNO3. The third-order valence-corrected chi connectivity index (χ3v) is 3.53. The van der Waals surface area contributed by atoms with E-state index in [9.17, 15) is 4.79 Å². The Morgan fingerprint density at radius 1 is 1.45 bits per heavy atom. The number of carbonyl (C=O) groups excluding carboxylic acids is 1. The van der Waals surface area contributed by atoms with Crippen LogP contribution in [0.25, 0.3) is 0 Å². The van der Waals surface area contributed by atoms with Gasteiger partial charge in [0, 0.05) is 13.0 Å². The first kappa shape index (κ1) is 15.1. The molecule has 1 amide bonds. The molecule has 0 bridgehead atoms. The van der Waals surface area contributed by atoms with Gasteiger partial charge in [-0.25, -0.2) is 0 Å². The van der Waals surface area contributed by atoms with Crippen molar-refractivity contribution < 1.29 is 14.3 Å².